The van der Waals surface area contributed by atoms with Crippen LogP contribution in [0.3, 0.4) is 0 Å². The van der Waals surface area contributed by atoms with E-state index in [0.717, 1.165) is 25.2 Å². The van der Waals surface area contributed by atoms with Crippen molar-refractivity contribution in [2.45, 2.75) is 39.7 Å². The molecule has 1 aliphatic heterocycles. The summed E-state index contributed by atoms with van der Waals surface area (Å²) in [4.78, 5) is 14.4. The highest BCUT2D eigenvalue weighted by Gasteiger charge is 2.23. The van der Waals surface area contributed by atoms with Gasteiger partial charge in [0.15, 0.2) is 0 Å². The van der Waals surface area contributed by atoms with Gasteiger partial charge in [0.25, 0.3) is 0 Å². The first-order valence-electron chi connectivity index (χ1n) is 7.16. The van der Waals surface area contributed by atoms with Gasteiger partial charge >= 0.3 is 5.97 Å². The number of carboxylic acids is 1. The van der Waals surface area contributed by atoms with E-state index in [1.807, 2.05) is 11.4 Å². The van der Waals surface area contributed by atoms with E-state index in [9.17, 15) is 4.79 Å². The fourth-order valence-electron chi connectivity index (χ4n) is 2.63. The van der Waals surface area contributed by atoms with E-state index in [-0.39, 0.29) is 0 Å². The lowest BCUT2D eigenvalue weighted by atomic mass is 9.85. The molecule has 0 atom stereocenters. The van der Waals surface area contributed by atoms with Crippen LogP contribution in [0.15, 0.2) is 17.5 Å². The van der Waals surface area contributed by atoms with Gasteiger partial charge in [-0.15, -0.1) is 11.3 Å². The number of thiophene rings is 1. The highest BCUT2D eigenvalue weighted by Crippen LogP contribution is 2.31. The van der Waals surface area contributed by atoms with Crippen molar-refractivity contribution < 1.29 is 9.90 Å². The second kappa shape index (κ2) is 6.55. The molecule has 0 bridgehead atoms. The Morgan fingerprint density at radius 3 is 3.00 bits per heavy atom. The number of hydrogen-bond donors (Lipinski definition) is 1. The first-order valence-corrected chi connectivity index (χ1v) is 8.04. The van der Waals surface area contributed by atoms with Gasteiger partial charge in [-0.3, -0.25) is 4.90 Å². The van der Waals surface area contributed by atoms with Crippen LogP contribution in [0.2, 0.25) is 0 Å². The van der Waals surface area contributed by atoms with E-state index in [1.165, 1.54) is 30.2 Å². The van der Waals surface area contributed by atoms with Crippen molar-refractivity contribution in [1.82, 2.24) is 4.90 Å². The predicted octanol–water partition coefficient (Wildman–Crippen LogP) is 3.86. The summed E-state index contributed by atoms with van der Waals surface area (Å²) in [5.41, 5.74) is 1.50. The Hall–Kier alpha value is -1.13. The molecule has 20 heavy (non-hydrogen) atoms. The Balaban J connectivity index is 2.00. The quantitative estimate of drug-likeness (QED) is 0.857. The molecular formula is C16H23NO2S. The molecule has 1 fully saturated rings. The van der Waals surface area contributed by atoms with Crippen LogP contribution in [0.5, 0.6) is 0 Å². The molecule has 110 valence electrons. The maximum atomic E-state index is 10.6. The molecule has 0 saturated carbocycles. The van der Waals surface area contributed by atoms with Crippen LogP contribution in [0.4, 0.5) is 0 Å². The monoisotopic (exact) mass is 293 g/mol. The summed E-state index contributed by atoms with van der Waals surface area (Å²) in [6.07, 6.45) is 6.70. The molecule has 3 nitrogen and oxygen atoms in total. The first kappa shape index (κ1) is 15.3. The fraction of sp³-hybridized carbons (Fsp3) is 0.562. The third kappa shape index (κ3) is 4.46. The Morgan fingerprint density at radius 2 is 2.25 bits per heavy atom. The van der Waals surface area contributed by atoms with Gasteiger partial charge in [0.05, 0.1) is 0 Å². The average molecular weight is 293 g/mol. The number of hydrogen-bond acceptors (Lipinski definition) is 3. The van der Waals surface area contributed by atoms with Crippen LogP contribution < -0.4 is 0 Å². The molecule has 2 rings (SSSR count). The Morgan fingerprint density at radius 1 is 1.45 bits per heavy atom. The molecule has 1 aromatic rings. The number of rotatable bonds is 4. The minimum Gasteiger partial charge on any atom is -0.478 e. The molecule has 0 radical (unpaired) electrons. The van der Waals surface area contributed by atoms with Crippen LogP contribution in [-0.4, -0.2) is 29.1 Å². The van der Waals surface area contributed by atoms with Gasteiger partial charge in [-0.05, 0) is 60.9 Å². The topological polar surface area (TPSA) is 40.5 Å². The van der Waals surface area contributed by atoms with Gasteiger partial charge < -0.3 is 5.11 Å². The molecule has 0 aliphatic carbocycles. The number of carboxylic acid groups (broad SMARTS) is 1. The smallest absolute Gasteiger partial charge is 0.328 e. The van der Waals surface area contributed by atoms with Crippen LogP contribution >= 0.6 is 11.3 Å². The highest BCUT2D eigenvalue weighted by molar-refractivity contribution is 7.10. The fourth-order valence-corrected chi connectivity index (χ4v) is 3.54. The lowest BCUT2D eigenvalue weighted by Gasteiger charge is -2.23. The van der Waals surface area contributed by atoms with Gasteiger partial charge in [-0.1, -0.05) is 13.8 Å². The van der Waals surface area contributed by atoms with Crippen molar-refractivity contribution in [3.8, 4) is 0 Å². The molecule has 4 heteroatoms. The molecule has 0 amide bonds. The second-order valence-electron chi connectivity index (χ2n) is 6.26. The van der Waals surface area contributed by atoms with Crippen molar-refractivity contribution in [1.29, 1.82) is 0 Å². The van der Waals surface area contributed by atoms with E-state index in [0.29, 0.717) is 5.41 Å². The normalized spacial score (nSPS) is 20.1. The highest BCUT2D eigenvalue weighted by atomic mass is 32.1. The predicted molar refractivity (Wildman–Crippen MR) is 83.9 cm³/mol. The molecule has 1 aliphatic rings. The lowest BCUT2D eigenvalue weighted by molar-refractivity contribution is -0.131. The summed E-state index contributed by atoms with van der Waals surface area (Å²) in [5.74, 6) is -0.890. The van der Waals surface area contributed by atoms with Crippen molar-refractivity contribution in [2.24, 2.45) is 5.41 Å². The number of aliphatic carboxylic acids is 1. The Bertz CT molecular complexity index is 490. The zero-order valence-electron chi connectivity index (χ0n) is 12.3. The van der Waals surface area contributed by atoms with Gasteiger partial charge in [-0.25, -0.2) is 4.79 Å². The largest absolute Gasteiger partial charge is 0.478 e. The molecule has 1 saturated heterocycles. The zero-order valence-corrected chi connectivity index (χ0v) is 13.1. The van der Waals surface area contributed by atoms with E-state index >= 15 is 0 Å². The van der Waals surface area contributed by atoms with Gasteiger partial charge in [0, 0.05) is 17.5 Å². The maximum Gasteiger partial charge on any atom is 0.328 e. The molecule has 0 unspecified atom stereocenters. The minimum absolute atomic E-state index is 0.455. The third-order valence-electron chi connectivity index (χ3n) is 3.99. The second-order valence-corrected chi connectivity index (χ2v) is 7.27. The standard InChI is InChI=1S/C16H23NO2S/c1-16(2)7-3-9-17(10-8-16)12-14-13(6-11-20-14)4-5-15(18)19/h4-6,11H,3,7-10,12H2,1-2H3,(H,18,19). The Kier molecular flexibility index (Phi) is 5.00. The van der Waals surface area contributed by atoms with E-state index in [4.69, 9.17) is 5.11 Å². The van der Waals surface area contributed by atoms with Crippen LogP contribution in [0.25, 0.3) is 6.08 Å². The van der Waals surface area contributed by atoms with Crippen molar-refractivity contribution >= 4 is 23.4 Å². The molecule has 2 heterocycles. The minimum atomic E-state index is -0.890. The zero-order chi connectivity index (χ0) is 14.6. The third-order valence-corrected chi connectivity index (χ3v) is 4.91. The van der Waals surface area contributed by atoms with Crippen LogP contribution in [-0.2, 0) is 11.3 Å². The summed E-state index contributed by atoms with van der Waals surface area (Å²) >= 11 is 1.72. The van der Waals surface area contributed by atoms with Gasteiger partial charge in [0.1, 0.15) is 0 Å². The summed E-state index contributed by atoms with van der Waals surface area (Å²) in [6.45, 7) is 7.91. The number of likely N-dealkylation sites (tertiary alicyclic amines) is 1. The maximum absolute atomic E-state index is 10.6. The molecule has 0 aromatic carbocycles. The van der Waals surface area contributed by atoms with Crippen LogP contribution in [0.1, 0.15) is 43.6 Å². The summed E-state index contributed by atoms with van der Waals surface area (Å²) in [7, 11) is 0. The van der Waals surface area contributed by atoms with E-state index < -0.39 is 5.97 Å². The number of nitrogens with zero attached hydrogens (tertiary/aromatic N) is 1. The summed E-state index contributed by atoms with van der Waals surface area (Å²) in [6, 6.07) is 2.00. The van der Waals surface area contributed by atoms with Crippen molar-refractivity contribution in [3.63, 3.8) is 0 Å². The summed E-state index contributed by atoms with van der Waals surface area (Å²) in [5, 5.41) is 10.8. The SMILES string of the molecule is CC1(C)CCCN(Cc2sccc2C=CC(=O)O)CC1. The van der Waals surface area contributed by atoms with Crippen molar-refractivity contribution in [3.05, 3.63) is 28.0 Å². The number of carbonyl (C=O) groups is 1. The molecule has 1 aromatic heterocycles. The molecular weight excluding hydrogens is 270 g/mol. The van der Waals surface area contributed by atoms with E-state index in [1.54, 1.807) is 17.4 Å². The molecule has 1 N–H and O–H groups in total. The van der Waals surface area contributed by atoms with E-state index in [2.05, 4.69) is 18.7 Å². The Labute approximate surface area is 124 Å². The summed E-state index contributed by atoms with van der Waals surface area (Å²) < 4.78 is 0. The lowest BCUT2D eigenvalue weighted by Crippen LogP contribution is -2.24. The average Bonchev–Trinajstić information content (AvgIpc) is 2.72. The first-order chi connectivity index (χ1) is 9.46. The van der Waals surface area contributed by atoms with Crippen LogP contribution in [0, 0.1) is 5.41 Å². The van der Waals surface area contributed by atoms with Gasteiger partial charge in [0.2, 0.25) is 0 Å². The van der Waals surface area contributed by atoms with Gasteiger partial charge in [-0.2, -0.15) is 0 Å². The van der Waals surface area contributed by atoms with Crippen molar-refractivity contribution in [2.75, 3.05) is 13.1 Å². The molecule has 0 spiro atoms.